The van der Waals surface area contributed by atoms with Crippen LogP contribution in [0.5, 0.6) is 0 Å². The highest BCUT2D eigenvalue weighted by molar-refractivity contribution is 4.62. The summed E-state index contributed by atoms with van der Waals surface area (Å²) in [5.74, 6) is 0. The molecule has 4 nitrogen and oxygen atoms in total. The summed E-state index contributed by atoms with van der Waals surface area (Å²) in [6.07, 6.45) is 0. The maximum Gasteiger partial charge on any atom is 0.129 e. The first-order chi connectivity index (χ1) is 6.74. The van der Waals surface area contributed by atoms with Crippen LogP contribution in [0.15, 0.2) is 0 Å². The fraction of sp³-hybridized carbons (Fsp3) is 1.00. The molecule has 0 radical (unpaired) electrons. The van der Waals surface area contributed by atoms with E-state index >= 15 is 0 Å². The Morgan fingerprint density at radius 1 is 0.643 bits per heavy atom. The van der Waals surface area contributed by atoms with Crippen LogP contribution in [0.1, 0.15) is 0 Å². The lowest BCUT2D eigenvalue weighted by molar-refractivity contribution is -1.08. The van der Waals surface area contributed by atoms with Crippen LogP contribution in [0, 0.1) is 0 Å². The van der Waals surface area contributed by atoms with Crippen LogP contribution in [0.4, 0.5) is 0 Å². The number of fused-ring (bicyclic) bond motifs is 3. The molecule has 3 aliphatic rings. The molecule has 4 N–H and O–H groups in total. The van der Waals surface area contributed by atoms with Gasteiger partial charge in [0.1, 0.15) is 39.3 Å². The molecule has 3 saturated heterocycles. The molecule has 3 aliphatic heterocycles. The normalized spacial score (nSPS) is 41.6. The molecule has 0 spiro atoms. The highest BCUT2D eigenvalue weighted by atomic mass is 15.5. The molecule has 0 aromatic rings. The number of hydrogen-bond donors (Lipinski definition) is 2. The van der Waals surface area contributed by atoms with Gasteiger partial charge in [0.05, 0.1) is 13.1 Å². The Bertz CT molecular complexity index is 158. The Balaban J connectivity index is 1.98. The fourth-order valence-electron chi connectivity index (χ4n) is 3.16. The maximum absolute atomic E-state index is 5.69. The minimum absolute atomic E-state index is 0.844. The van der Waals surface area contributed by atoms with E-state index in [1.54, 1.807) is 0 Å². The summed E-state index contributed by atoms with van der Waals surface area (Å²) in [6, 6.07) is 0. The van der Waals surface area contributed by atoms with Gasteiger partial charge in [-0.25, -0.2) is 0 Å². The molecule has 0 atom stereocenters. The van der Waals surface area contributed by atoms with E-state index in [0.29, 0.717) is 0 Å². The van der Waals surface area contributed by atoms with Gasteiger partial charge in [-0.1, -0.05) is 0 Å². The Morgan fingerprint density at radius 2 is 0.929 bits per heavy atom. The number of piperazine rings is 3. The van der Waals surface area contributed by atoms with Crippen molar-refractivity contribution in [2.75, 3.05) is 65.4 Å². The molecule has 0 aromatic heterocycles. The quantitative estimate of drug-likeness (QED) is 0.546. The second kappa shape index (κ2) is 3.77. The zero-order chi connectivity index (χ0) is 10.1. The van der Waals surface area contributed by atoms with Gasteiger partial charge in [0.15, 0.2) is 0 Å². The van der Waals surface area contributed by atoms with Crippen molar-refractivity contribution in [2.24, 2.45) is 11.5 Å². The summed E-state index contributed by atoms with van der Waals surface area (Å²) in [5, 5.41) is 0. The van der Waals surface area contributed by atoms with Gasteiger partial charge in [0.2, 0.25) is 0 Å². The van der Waals surface area contributed by atoms with Crippen molar-refractivity contribution in [2.45, 2.75) is 0 Å². The van der Waals surface area contributed by atoms with Gasteiger partial charge in [-0.3, -0.25) is 0 Å². The van der Waals surface area contributed by atoms with Crippen molar-refractivity contribution >= 4 is 0 Å². The molecule has 3 rings (SSSR count). The Morgan fingerprint density at radius 3 is 1.14 bits per heavy atom. The molecule has 3 fully saturated rings. The van der Waals surface area contributed by atoms with Crippen molar-refractivity contribution in [3.05, 3.63) is 0 Å². The van der Waals surface area contributed by atoms with Crippen LogP contribution in [0.3, 0.4) is 0 Å². The average molecular weight is 200 g/mol. The van der Waals surface area contributed by atoms with Gasteiger partial charge in [-0.05, 0) is 0 Å². The minimum atomic E-state index is 0.844. The van der Waals surface area contributed by atoms with Gasteiger partial charge in [0, 0.05) is 13.1 Å². The Kier molecular flexibility index (Phi) is 2.79. The van der Waals surface area contributed by atoms with Gasteiger partial charge in [0.25, 0.3) is 0 Å². The third-order valence-electron chi connectivity index (χ3n) is 4.35. The van der Waals surface area contributed by atoms with Crippen molar-refractivity contribution in [3.63, 3.8) is 0 Å². The lowest BCUT2D eigenvalue weighted by Crippen LogP contribution is -2.76. The summed E-state index contributed by atoms with van der Waals surface area (Å²) in [5.41, 5.74) is 11.4. The van der Waals surface area contributed by atoms with Crippen LogP contribution in [0.25, 0.3) is 0 Å². The van der Waals surface area contributed by atoms with E-state index in [4.69, 9.17) is 11.5 Å². The zero-order valence-electron chi connectivity index (χ0n) is 9.12. The molecular formula is C10H24N4+2. The van der Waals surface area contributed by atoms with E-state index in [1.807, 2.05) is 0 Å². The SMILES string of the molecule is NCC[N+]12CC[N+](CCN)(CC1)CC2. The van der Waals surface area contributed by atoms with E-state index in [9.17, 15) is 0 Å². The predicted molar refractivity (Wildman–Crippen MR) is 57.6 cm³/mol. The molecule has 2 bridgehead atoms. The summed E-state index contributed by atoms with van der Waals surface area (Å²) in [4.78, 5) is 0. The van der Waals surface area contributed by atoms with E-state index in [0.717, 1.165) is 13.1 Å². The van der Waals surface area contributed by atoms with Crippen molar-refractivity contribution in [1.82, 2.24) is 0 Å². The van der Waals surface area contributed by atoms with Crippen molar-refractivity contribution in [1.29, 1.82) is 0 Å². The lowest BCUT2D eigenvalue weighted by atomic mass is 10.1. The standard InChI is InChI=1S/C10H24N4/c11-1-3-13-5-8-14(4-2-12,9-6-13)10-7-13/h1-12H2/q+2. The number of quaternary nitrogens is 2. The summed E-state index contributed by atoms with van der Waals surface area (Å²) in [6.45, 7) is 12.0. The first-order valence-corrected chi connectivity index (χ1v) is 5.85. The molecule has 3 heterocycles. The van der Waals surface area contributed by atoms with Crippen LogP contribution in [-0.4, -0.2) is 74.4 Å². The maximum atomic E-state index is 5.69. The first-order valence-electron chi connectivity index (χ1n) is 5.85. The number of hydrogen-bond acceptors (Lipinski definition) is 2. The fourth-order valence-corrected chi connectivity index (χ4v) is 3.16. The summed E-state index contributed by atoms with van der Waals surface area (Å²) >= 11 is 0. The van der Waals surface area contributed by atoms with E-state index in [1.165, 1.54) is 61.3 Å². The first kappa shape index (κ1) is 10.4. The van der Waals surface area contributed by atoms with Crippen LogP contribution in [0.2, 0.25) is 0 Å². The van der Waals surface area contributed by atoms with Crippen molar-refractivity contribution in [3.8, 4) is 0 Å². The molecule has 4 heteroatoms. The zero-order valence-corrected chi connectivity index (χ0v) is 9.12. The smallest absolute Gasteiger partial charge is 0.129 e. The van der Waals surface area contributed by atoms with Crippen LogP contribution in [-0.2, 0) is 0 Å². The second-order valence-corrected chi connectivity index (χ2v) is 5.05. The third kappa shape index (κ3) is 1.67. The van der Waals surface area contributed by atoms with Gasteiger partial charge in [-0.2, -0.15) is 0 Å². The number of nitrogens with zero attached hydrogens (tertiary/aromatic N) is 2. The van der Waals surface area contributed by atoms with E-state index in [-0.39, 0.29) is 0 Å². The molecule has 14 heavy (non-hydrogen) atoms. The molecule has 0 saturated carbocycles. The molecule has 0 unspecified atom stereocenters. The Hall–Kier alpha value is -0.160. The molecule has 0 aliphatic carbocycles. The molecule has 82 valence electrons. The lowest BCUT2D eigenvalue weighted by Gasteiger charge is -2.55. The highest BCUT2D eigenvalue weighted by Crippen LogP contribution is 2.25. The van der Waals surface area contributed by atoms with Crippen LogP contribution >= 0.6 is 0 Å². The van der Waals surface area contributed by atoms with E-state index in [2.05, 4.69) is 0 Å². The van der Waals surface area contributed by atoms with Gasteiger partial charge >= 0.3 is 0 Å². The van der Waals surface area contributed by atoms with E-state index < -0.39 is 0 Å². The second-order valence-electron chi connectivity index (χ2n) is 5.05. The summed E-state index contributed by atoms with van der Waals surface area (Å²) < 4.78 is 2.59. The molecular weight excluding hydrogens is 176 g/mol. The predicted octanol–water partition coefficient (Wildman–Crippen LogP) is -1.44. The topological polar surface area (TPSA) is 52.0 Å². The highest BCUT2D eigenvalue weighted by Gasteiger charge is 2.47. The summed E-state index contributed by atoms with van der Waals surface area (Å²) in [7, 11) is 0. The van der Waals surface area contributed by atoms with Gasteiger partial charge < -0.3 is 20.4 Å². The number of rotatable bonds is 4. The minimum Gasteiger partial charge on any atom is -0.326 e. The van der Waals surface area contributed by atoms with Crippen molar-refractivity contribution < 1.29 is 8.97 Å². The Labute approximate surface area is 86.6 Å². The molecule has 0 aromatic carbocycles. The van der Waals surface area contributed by atoms with Crippen LogP contribution < -0.4 is 11.5 Å². The van der Waals surface area contributed by atoms with Gasteiger partial charge in [-0.15, -0.1) is 0 Å². The largest absolute Gasteiger partial charge is 0.326 e. The average Bonchev–Trinajstić information content (AvgIpc) is 2.22. The monoisotopic (exact) mass is 200 g/mol. The molecule has 0 amide bonds. The number of nitrogens with two attached hydrogens (primary N) is 2. The third-order valence-corrected chi connectivity index (χ3v) is 4.35.